The number of hydrogen-bond acceptors (Lipinski definition) is 3. The Morgan fingerprint density at radius 1 is 1.32 bits per heavy atom. The van der Waals surface area contributed by atoms with Crippen LogP contribution >= 0.6 is 23.2 Å². The fraction of sp³-hybridized carbons (Fsp3) is 0.412. The lowest BCUT2D eigenvalue weighted by atomic mass is 10.0. The molecule has 1 aromatic carbocycles. The van der Waals surface area contributed by atoms with Crippen LogP contribution in [0.15, 0.2) is 18.3 Å². The van der Waals surface area contributed by atoms with Crippen molar-refractivity contribution in [3.8, 4) is 0 Å². The second kappa shape index (κ2) is 7.81. The van der Waals surface area contributed by atoms with E-state index >= 15 is 0 Å². The smallest absolute Gasteiger partial charge is 0.253 e. The molecule has 0 saturated heterocycles. The van der Waals surface area contributed by atoms with Crippen LogP contribution in [0.25, 0.3) is 10.9 Å². The lowest BCUT2D eigenvalue weighted by Crippen LogP contribution is -2.42. The molecule has 136 valence electrons. The Morgan fingerprint density at radius 2 is 2.00 bits per heavy atom. The molecule has 2 rings (SSSR count). The van der Waals surface area contributed by atoms with Crippen LogP contribution in [0.2, 0.25) is 10.0 Å². The Bertz CT molecular complexity index is 938. The van der Waals surface area contributed by atoms with Crippen LogP contribution in [0, 0.1) is 0 Å². The summed E-state index contributed by atoms with van der Waals surface area (Å²) in [5.74, 6) is -0.203. The third-order valence-electron chi connectivity index (χ3n) is 4.14. The minimum Gasteiger partial charge on any atom is -0.347 e. The summed E-state index contributed by atoms with van der Waals surface area (Å²) in [6.45, 7) is 6.27. The molecule has 0 unspecified atom stereocenters. The van der Waals surface area contributed by atoms with E-state index in [-0.39, 0.29) is 11.4 Å². The average molecular weight is 403 g/mol. The molecular weight excluding hydrogens is 383 g/mol. The number of benzene rings is 1. The number of aryl methyl sites for hydroxylation is 1. The number of carbonyl (C=O) groups is 1. The van der Waals surface area contributed by atoms with Gasteiger partial charge in [-0.05, 0) is 32.8 Å². The van der Waals surface area contributed by atoms with Gasteiger partial charge in [-0.1, -0.05) is 36.2 Å². The molecule has 0 atom stereocenters. The van der Waals surface area contributed by atoms with E-state index in [9.17, 15) is 13.2 Å². The van der Waals surface area contributed by atoms with Crippen LogP contribution in [0.1, 0.15) is 44.0 Å². The van der Waals surface area contributed by atoms with Gasteiger partial charge in [0, 0.05) is 29.0 Å². The van der Waals surface area contributed by atoms with Gasteiger partial charge in [-0.25, -0.2) is 0 Å². The Morgan fingerprint density at radius 3 is 2.60 bits per heavy atom. The van der Waals surface area contributed by atoms with E-state index in [0.29, 0.717) is 39.5 Å². The molecule has 0 aliphatic carbocycles. The number of fused-ring (bicyclic) bond motifs is 1. The highest BCUT2D eigenvalue weighted by atomic mass is 35.5. The van der Waals surface area contributed by atoms with Crippen molar-refractivity contribution in [1.29, 1.82) is 0 Å². The Balaban J connectivity index is 2.53. The van der Waals surface area contributed by atoms with Crippen LogP contribution in [0.4, 0.5) is 0 Å². The number of halogens is 2. The highest BCUT2D eigenvalue weighted by Crippen LogP contribution is 2.34. The van der Waals surface area contributed by atoms with Gasteiger partial charge in [-0.3, -0.25) is 4.79 Å². The normalized spacial score (nSPS) is 11.6. The molecule has 2 aromatic rings. The van der Waals surface area contributed by atoms with E-state index in [2.05, 4.69) is 5.32 Å². The first-order valence-corrected chi connectivity index (χ1v) is 9.76. The summed E-state index contributed by atoms with van der Waals surface area (Å²) in [5.41, 5.74) is 0.770. The zero-order valence-electron chi connectivity index (χ0n) is 14.3. The molecule has 1 N–H and O–H groups in total. The second-order valence-electron chi connectivity index (χ2n) is 6.40. The SMILES string of the molecule is CCC(C)(C)NC(=O)c1cn(CCC=S(=O)=O)c2c(Cl)c(Cl)ccc12. The molecule has 0 aliphatic rings. The van der Waals surface area contributed by atoms with Crippen LogP contribution in [-0.2, 0) is 16.8 Å². The van der Waals surface area contributed by atoms with Gasteiger partial charge in [0.05, 0.1) is 21.1 Å². The van der Waals surface area contributed by atoms with E-state index in [1.165, 1.54) is 5.37 Å². The maximum atomic E-state index is 12.7. The number of nitrogens with zero attached hydrogens (tertiary/aromatic N) is 1. The minimum atomic E-state index is -2.23. The lowest BCUT2D eigenvalue weighted by Gasteiger charge is -2.24. The monoisotopic (exact) mass is 402 g/mol. The van der Waals surface area contributed by atoms with Crippen molar-refractivity contribution < 1.29 is 13.2 Å². The average Bonchev–Trinajstić information content (AvgIpc) is 2.90. The lowest BCUT2D eigenvalue weighted by molar-refractivity contribution is 0.0912. The predicted octanol–water partition coefficient (Wildman–Crippen LogP) is 3.94. The van der Waals surface area contributed by atoms with Gasteiger partial charge in [-0.15, -0.1) is 0 Å². The summed E-state index contributed by atoms with van der Waals surface area (Å²) < 4.78 is 23.2. The van der Waals surface area contributed by atoms with Crippen molar-refractivity contribution in [3.63, 3.8) is 0 Å². The molecule has 0 radical (unpaired) electrons. The maximum Gasteiger partial charge on any atom is 0.253 e. The maximum absolute atomic E-state index is 12.7. The largest absolute Gasteiger partial charge is 0.347 e. The summed E-state index contributed by atoms with van der Waals surface area (Å²) in [6.07, 6.45) is 2.77. The molecule has 8 heteroatoms. The standard InChI is InChI=1S/C17H20Cl2N2O3S/c1-4-17(2,3)20-16(22)12-10-21(8-5-9-25(23)24)15-11(12)6-7-13(18)14(15)19/h6-7,9-10H,4-5,8H2,1-3H3,(H,20,22). The first-order valence-electron chi connectivity index (χ1n) is 7.87. The van der Waals surface area contributed by atoms with Crippen molar-refractivity contribution in [2.24, 2.45) is 0 Å². The third kappa shape index (κ3) is 4.57. The molecule has 25 heavy (non-hydrogen) atoms. The van der Waals surface area contributed by atoms with Gasteiger partial charge >= 0.3 is 0 Å². The highest BCUT2D eigenvalue weighted by molar-refractivity contribution is 7.71. The molecule has 0 fully saturated rings. The molecule has 0 saturated carbocycles. The Labute approximate surface area is 158 Å². The zero-order valence-corrected chi connectivity index (χ0v) is 16.6. The molecule has 1 heterocycles. The summed E-state index contributed by atoms with van der Waals surface area (Å²) in [5, 5.41) is 5.58. The van der Waals surface area contributed by atoms with E-state index in [1.54, 1.807) is 22.9 Å². The number of rotatable bonds is 6. The topological polar surface area (TPSA) is 68.2 Å². The zero-order chi connectivity index (χ0) is 18.8. The van der Waals surface area contributed by atoms with Gasteiger partial charge in [0.25, 0.3) is 5.91 Å². The number of hydrogen-bond donors (Lipinski definition) is 1. The van der Waals surface area contributed by atoms with Gasteiger partial charge in [0.15, 0.2) is 0 Å². The van der Waals surface area contributed by atoms with E-state index < -0.39 is 10.3 Å². The molecule has 0 aliphatic heterocycles. The fourth-order valence-corrected chi connectivity index (χ4v) is 3.16. The number of aromatic nitrogens is 1. The highest BCUT2D eigenvalue weighted by Gasteiger charge is 2.23. The van der Waals surface area contributed by atoms with Crippen LogP contribution in [0.3, 0.4) is 0 Å². The Hall–Kier alpha value is -1.50. The van der Waals surface area contributed by atoms with E-state index in [1.807, 2.05) is 20.8 Å². The van der Waals surface area contributed by atoms with Crippen LogP contribution in [0.5, 0.6) is 0 Å². The summed E-state index contributed by atoms with van der Waals surface area (Å²) in [7, 11) is -2.23. The first-order chi connectivity index (χ1) is 11.7. The first kappa shape index (κ1) is 19.8. The van der Waals surface area contributed by atoms with Crippen LogP contribution < -0.4 is 5.32 Å². The van der Waals surface area contributed by atoms with Crippen molar-refractivity contribution in [3.05, 3.63) is 33.9 Å². The van der Waals surface area contributed by atoms with E-state index in [0.717, 1.165) is 6.42 Å². The molecule has 5 nitrogen and oxygen atoms in total. The molecule has 0 bridgehead atoms. The van der Waals surface area contributed by atoms with Gasteiger partial charge in [-0.2, -0.15) is 8.42 Å². The summed E-state index contributed by atoms with van der Waals surface area (Å²) >= 11 is 12.4. The predicted molar refractivity (Wildman–Crippen MR) is 103 cm³/mol. The van der Waals surface area contributed by atoms with Gasteiger partial charge in [0.2, 0.25) is 10.3 Å². The number of carbonyl (C=O) groups excluding carboxylic acids is 1. The van der Waals surface area contributed by atoms with Gasteiger partial charge in [0.1, 0.15) is 0 Å². The molecular formula is C17H20Cl2N2O3S. The fourth-order valence-electron chi connectivity index (χ4n) is 2.44. The third-order valence-corrected chi connectivity index (χ3v) is 5.44. The number of amides is 1. The quantitative estimate of drug-likeness (QED) is 0.743. The number of nitrogens with one attached hydrogen (secondary N) is 1. The van der Waals surface area contributed by atoms with Crippen molar-refractivity contribution in [2.75, 3.05) is 0 Å². The van der Waals surface area contributed by atoms with Gasteiger partial charge < -0.3 is 9.88 Å². The van der Waals surface area contributed by atoms with Crippen molar-refractivity contribution in [2.45, 2.75) is 45.7 Å². The van der Waals surface area contributed by atoms with Crippen molar-refractivity contribution >= 4 is 55.7 Å². The van der Waals surface area contributed by atoms with E-state index in [4.69, 9.17) is 23.2 Å². The van der Waals surface area contributed by atoms with Crippen LogP contribution in [-0.4, -0.2) is 29.8 Å². The van der Waals surface area contributed by atoms with Crippen molar-refractivity contribution in [1.82, 2.24) is 9.88 Å². The molecule has 1 amide bonds. The summed E-state index contributed by atoms with van der Waals surface area (Å²) in [6, 6.07) is 3.40. The minimum absolute atomic E-state index is 0.203. The molecule has 1 aromatic heterocycles. The molecule has 0 spiro atoms. The second-order valence-corrected chi connectivity index (χ2v) is 8.04. The summed E-state index contributed by atoms with van der Waals surface area (Å²) in [4.78, 5) is 12.7. The Kier molecular flexibility index (Phi) is 6.19.